The molecule has 0 fully saturated rings. The third-order valence-electron chi connectivity index (χ3n) is 6.28. The Morgan fingerprint density at radius 3 is 2.54 bits per heavy atom. The van der Waals surface area contributed by atoms with Gasteiger partial charge in [-0.05, 0) is 79.3 Å². The van der Waals surface area contributed by atoms with E-state index in [1.54, 1.807) is 6.21 Å². The summed E-state index contributed by atoms with van der Waals surface area (Å²) >= 11 is 0.927. The zero-order valence-electron chi connectivity index (χ0n) is 20.9. The minimum atomic E-state index is -4.75. The lowest BCUT2D eigenvalue weighted by atomic mass is 9.87. The lowest BCUT2D eigenvalue weighted by Gasteiger charge is -2.16. The first-order valence-corrected chi connectivity index (χ1v) is 12.8. The smallest absolute Gasteiger partial charge is 0.406 e. The number of halogens is 3. The number of para-hydroxylation sites is 1. The van der Waals surface area contributed by atoms with Gasteiger partial charge < -0.3 is 14.6 Å². The van der Waals surface area contributed by atoms with E-state index in [0.717, 1.165) is 57.6 Å². The average molecular weight is 553 g/mol. The van der Waals surface area contributed by atoms with Gasteiger partial charge in [0.1, 0.15) is 11.4 Å². The molecule has 11 heteroatoms. The second kappa shape index (κ2) is 10.9. The van der Waals surface area contributed by atoms with Crippen LogP contribution in [0.3, 0.4) is 0 Å². The van der Waals surface area contributed by atoms with Gasteiger partial charge in [-0.2, -0.15) is 0 Å². The Morgan fingerprint density at radius 2 is 1.82 bits per heavy atom. The fraction of sp³-hybridized carbons (Fsp3) is 0.179. The van der Waals surface area contributed by atoms with Crippen molar-refractivity contribution >= 4 is 30.1 Å². The van der Waals surface area contributed by atoms with Crippen LogP contribution in [0.25, 0.3) is 22.6 Å². The number of aromatic nitrogens is 1. The van der Waals surface area contributed by atoms with Gasteiger partial charge in [-0.15, -0.1) is 13.2 Å². The predicted octanol–water partition coefficient (Wildman–Crippen LogP) is 7.43. The van der Waals surface area contributed by atoms with E-state index in [1.807, 2.05) is 50.2 Å². The molecule has 0 spiro atoms. The van der Waals surface area contributed by atoms with Gasteiger partial charge in [0, 0.05) is 28.6 Å². The van der Waals surface area contributed by atoms with E-state index in [1.165, 1.54) is 24.3 Å². The summed E-state index contributed by atoms with van der Waals surface area (Å²) in [5.74, 6) is 0.232. The highest BCUT2D eigenvalue weighted by atomic mass is 32.2. The minimum Gasteiger partial charge on any atom is -0.406 e. The van der Waals surface area contributed by atoms with E-state index in [9.17, 15) is 18.0 Å². The number of benzene rings is 3. The highest BCUT2D eigenvalue weighted by Crippen LogP contribution is 2.39. The van der Waals surface area contributed by atoms with E-state index in [-0.39, 0.29) is 11.8 Å². The number of alkyl halides is 3. The van der Waals surface area contributed by atoms with Crippen molar-refractivity contribution in [2.45, 2.75) is 33.1 Å². The van der Waals surface area contributed by atoms with Crippen molar-refractivity contribution in [2.75, 3.05) is 5.32 Å². The molecule has 7 nitrogen and oxygen atoms in total. The number of hydrogen-bond donors (Lipinski definition) is 2. The third kappa shape index (κ3) is 6.09. The summed E-state index contributed by atoms with van der Waals surface area (Å²) in [6.45, 7) is 3.86. The van der Waals surface area contributed by atoms with E-state index in [0.29, 0.717) is 23.4 Å². The van der Waals surface area contributed by atoms with Crippen LogP contribution < -0.4 is 14.8 Å². The quantitative estimate of drug-likeness (QED) is 0.192. The second-order valence-corrected chi connectivity index (χ2v) is 9.57. The first-order chi connectivity index (χ1) is 18.7. The molecule has 39 heavy (non-hydrogen) atoms. The van der Waals surface area contributed by atoms with Gasteiger partial charge in [0.15, 0.2) is 5.76 Å². The number of ether oxygens (including phenoxy) is 1. The molecule has 1 aromatic heterocycles. The highest BCUT2D eigenvalue weighted by Gasteiger charge is 2.31. The van der Waals surface area contributed by atoms with Crippen molar-refractivity contribution in [1.29, 1.82) is 0 Å². The van der Waals surface area contributed by atoms with Crippen LogP contribution in [0.2, 0.25) is 0 Å². The molecule has 2 amide bonds. The largest absolute Gasteiger partial charge is 0.573 e. The molecule has 2 N–H and O–H groups in total. The number of nitrogens with one attached hydrogen (secondary N) is 2. The van der Waals surface area contributed by atoms with Gasteiger partial charge in [0.25, 0.3) is 0 Å². The van der Waals surface area contributed by atoms with Crippen LogP contribution in [-0.2, 0) is 12.8 Å². The molecule has 0 unspecified atom stereocenters. The standard InChI is InChI=1S/C28H23F3N4O3S/c1-16-4-3-5-17(2)24(16)33-27(36)35-39-32-15-18-6-12-22-20(14-18)9-13-23-25(22)34-38-26(23)19-7-10-21(11-8-19)37-28(29,30)31/h3-8,10-12,14-15H,9,13H2,1-2H3,(H2,33,35,36)/b32-15+. The number of aryl methyl sites for hydroxylation is 3. The molecule has 4 aromatic rings. The lowest BCUT2D eigenvalue weighted by molar-refractivity contribution is -0.274. The Kier molecular flexibility index (Phi) is 7.34. The van der Waals surface area contributed by atoms with Crippen molar-refractivity contribution < 1.29 is 27.2 Å². The summed E-state index contributed by atoms with van der Waals surface area (Å²) < 4.78 is 53.8. The fourth-order valence-corrected chi connectivity index (χ4v) is 4.85. The molecule has 0 atom stereocenters. The molecule has 0 saturated heterocycles. The number of urea groups is 1. The van der Waals surface area contributed by atoms with Crippen LogP contribution in [-0.4, -0.2) is 23.8 Å². The van der Waals surface area contributed by atoms with Gasteiger partial charge in [0.05, 0.1) is 12.1 Å². The predicted molar refractivity (Wildman–Crippen MR) is 145 cm³/mol. The Hall–Kier alpha value is -4.25. The molecular weight excluding hydrogens is 529 g/mol. The van der Waals surface area contributed by atoms with E-state index >= 15 is 0 Å². The number of fused-ring (bicyclic) bond motifs is 3. The number of carbonyl (C=O) groups excluding carboxylic acids is 1. The molecule has 1 heterocycles. The highest BCUT2D eigenvalue weighted by molar-refractivity contribution is 7.96. The third-order valence-corrected chi connectivity index (χ3v) is 6.77. The Morgan fingerprint density at radius 1 is 1.08 bits per heavy atom. The number of amides is 2. The summed E-state index contributed by atoms with van der Waals surface area (Å²) in [6.07, 6.45) is -1.68. The summed E-state index contributed by atoms with van der Waals surface area (Å²) in [5, 5.41) is 7.09. The molecule has 0 aliphatic heterocycles. The van der Waals surface area contributed by atoms with Gasteiger partial charge in [-0.1, -0.05) is 35.5 Å². The molecule has 5 rings (SSSR count). The first-order valence-electron chi connectivity index (χ1n) is 12.0. The number of carbonyl (C=O) groups is 1. The van der Waals surface area contributed by atoms with E-state index < -0.39 is 6.36 Å². The van der Waals surface area contributed by atoms with Crippen LogP contribution >= 0.6 is 12.1 Å². The van der Waals surface area contributed by atoms with E-state index in [4.69, 9.17) is 4.52 Å². The SMILES string of the molecule is Cc1cccc(C)c1NC(=O)NS/N=C/c1ccc2c(c1)CCc1c-2noc1-c1ccc(OC(F)(F)F)cc1. The number of anilines is 1. The Labute approximate surface area is 226 Å². The molecule has 200 valence electrons. The zero-order valence-corrected chi connectivity index (χ0v) is 21.7. The van der Waals surface area contributed by atoms with Gasteiger partial charge in [-0.3, -0.25) is 4.72 Å². The number of nitrogens with zero attached hydrogens (tertiary/aromatic N) is 2. The molecule has 3 aromatic carbocycles. The van der Waals surface area contributed by atoms with Crippen LogP contribution in [0.15, 0.2) is 69.6 Å². The Bertz CT molecular complexity index is 1530. The molecular formula is C28H23F3N4O3S. The van der Waals surface area contributed by atoms with E-state index in [2.05, 4.69) is 24.3 Å². The average Bonchev–Trinajstić information content (AvgIpc) is 3.33. The van der Waals surface area contributed by atoms with Crippen LogP contribution in [0, 0.1) is 13.8 Å². The number of hydrogen-bond acceptors (Lipinski definition) is 6. The van der Waals surface area contributed by atoms with Crippen molar-refractivity contribution in [2.24, 2.45) is 4.40 Å². The zero-order chi connectivity index (χ0) is 27.6. The van der Waals surface area contributed by atoms with Crippen molar-refractivity contribution in [1.82, 2.24) is 9.88 Å². The molecule has 0 saturated carbocycles. The monoisotopic (exact) mass is 552 g/mol. The summed E-state index contributed by atoms with van der Waals surface area (Å²) in [6, 6.07) is 16.8. The molecule has 0 bridgehead atoms. The van der Waals surface area contributed by atoms with Gasteiger partial charge in [-0.25, -0.2) is 9.19 Å². The van der Waals surface area contributed by atoms with Crippen molar-refractivity contribution in [3.8, 4) is 28.3 Å². The summed E-state index contributed by atoms with van der Waals surface area (Å²) in [4.78, 5) is 12.2. The molecule has 1 aliphatic carbocycles. The normalized spacial score (nSPS) is 12.6. The number of rotatable bonds is 6. The van der Waals surface area contributed by atoms with Crippen LogP contribution in [0.4, 0.5) is 23.7 Å². The van der Waals surface area contributed by atoms with Crippen LogP contribution in [0.5, 0.6) is 5.75 Å². The van der Waals surface area contributed by atoms with Crippen molar-refractivity contribution in [3.63, 3.8) is 0 Å². The van der Waals surface area contributed by atoms with Crippen molar-refractivity contribution in [3.05, 3.63) is 88.5 Å². The van der Waals surface area contributed by atoms with Gasteiger partial charge >= 0.3 is 12.4 Å². The maximum atomic E-state index is 12.4. The van der Waals surface area contributed by atoms with Crippen LogP contribution in [0.1, 0.15) is 27.8 Å². The van der Waals surface area contributed by atoms with Gasteiger partial charge in [0.2, 0.25) is 0 Å². The maximum Gasteiger partial charge on any atom is 0.573 e. The maximum absolute atomic E-state index is 12.4. The summed E-state index contributed by atoms with van der Waals surface area (Å²) in [7, 11) is 0. The topological polar surface area (TPSA) is 88.8 Å². The minimum absolute atomic E-state index is 0.297. The molecule has 0 radical (unpaired) electrons. The lowest BCUT2D eigenvalue weighted by Crippen LogP contribution is -2.23. The summed E-state index contributed by atoms with van der Waals surface area (Å²) in [5.41, 5.74) is 7.84. The second-order valence-electron chi connectivity index (χ2n) is 8.98. The fourth-order valence-electron chi connectivity index (χ4n) is 4.48. The first kappa shape index (κ1) is 26.4. The molecule has 1 aliphatic rings. The Balaban J connectivity index is 1.23.